The van der Waals surface area contributed by atoms with E-state index >= 15 is 0 Å². The summed E-state index contributed by atoms with van der Waals surface area (Å²) in [7, 11) is 1.97. The van der Waals surface area contributed by atoms with Gasteiger partial charge in [0.15, 0.2) is 0 Å². The van der Waals surface area contributed by atoms with Crippen LogP contribution in [0.25, 0.3) is 0 Å². The fourth-order valence-corrected chi connectivity index (χ4v) is 2.62. The van der Waals surface area contributed by atoms with Crippen LogP contribution < -0.4 is 10.1 Å². The molecule has 0 amide bonds. The summed E-state index contributed by atoms with van der Waals surface area (Å²) in [6, 6.07) is 6.56. The summed E-state index contributed by atoms with van der Waals surface area (Å²) in [6.07, 6.45) is 2.43. The van der Waals surface area contributed by atoms with Crippen molar-refractivity contribution in [2.24, 2.45) is 5.92 Å². The second kappa shape index (κ2) is 7.80. The molecule has 102 valence electrons. The van der Waals surface area contributed by atoms with Gasteiger partial charge in [-0.1, -0.05) is 42.3 Å². The van der Waals surface area contributed by atoms with Crippen molar-refractivity contribution in [3.8, 4) is 5.75 Å². The maximum atomic E-state index is 5.82. The number of hydrogen-bond acceptors (Lipinski definition) is 2. The lowest BCUT2D eigenvalue weighted by atomic mass is 10.1. The summed E-state index contributed by atoms with van der Waals surface area (Å²) in [5.41, 5.74) is 1.26. The average Bonchev–Trinajstić information content (AvgIpc) is 2.36. The SMILES string of the molecule is CCCC(C)COc1ccc(C(C)NC)c(Br)c1. The van der Waals surface area contributed by atoms with Gasteiger partial charge >= 0.3 is 0 Å². The lowest BCUT2D eigenvalue weighted by Gasteiger charge is -2.16. The molecule has 1 aromatic carbocycles. The van der Waals surface area contributed by atoms with Crippen molar-refractivity contribution in [1.29, 1.82) is 0 Å². The van der Waals surface area contributed by atoms with Gasteiger partial charge < -0.3 is 10.1 Å². The number of halogens is 1. The number of rotatable bonds is 7. The Hall–Kier alpha value is -0.540. The Kier molecular flexibility index (Phi) is 6.72. The van der Waals surface area contributed by atoms with Crippen LogP contribution in [0.2, 0.25) is 0 Å². The van der Waals surface area contributed by atoms with Gasteiger partial charge in [0.25, 0.3) is 0 Å². The largest absolute Gasteiger partial charge is 0.493 e. The van der Waals surface area contributed by atoms with E-state index in [0.717, 1.165) is 16.8 Å². The molecule has 0 saturated heterocycles. The maximum Gasteiger partial charge on any atom is 0.120 e. The van der Waals surface area contributed by atoms with E-state index in [4.69, 9.17) is 4.74 Å². The molecule has 0 aliphatic carbocycles. The van der Waals surface area contributed by atoms with E-state index in [1.54, 1.807) is 0 Å². The highest BCUT2D eigenvalue weighted by Gasteiger charge is 2.09. The van der Waals surface area contributed by atoms with Crippen LogP contribution in [0.3, 0.4) is 0 Å². The van der Waals surface area contributed by atoms with E-state index < -0.39 is 0 Å². The van der Waals surface area contributed by atoms with Crippen molar-refractivity contribution in [2.45, 2.75) is 39.7 Å². The van der Waals surface area contributed by atoms with E-state index in [9.17, 15) is 0 Å². The molecule has 0 aromatic heterocycles. The predicted molar refractivity (Wildman–Crippen MR) is 81.2 cm³/mol. The Bertz CT molecular complexity index is 368. The Morgan fingerprint density at radius 2 is 2.06 bits per heavy atom. The lowest BCUT2D eigenvalue weighted by Crippen LogP contribution is -2.13. The third-order valence-electron chi connectivity index (χ3n) is 3.19. The van der Waals surface area contributed by atoms with Crippen LogP contribution in [0.5, 0.6) is 5.75 Å². The van der Waals surface area contributed by atoms with Gasteiger partial charge in [0.1, 0.15) is 5.75 Å². The molecule has 0 fully saturated rings. The van der Waals surface area contributed by atoms with E-state index in [2.05, 4.69) is 54.2 Å². The van der Waals surface area contributed by atoms with Crippen molar-refractivity contribution >= 4 is 15.9 Å². The number of nitrogens with one attached hydrogen (secondary N) is 1. The van der Waals surface area contributed by atoms with E-state index in [1.165, 1.54) is 18.4 Å². The molecule has 3 heteroatoms. The molecule has 1 rings (SSSR count). The summed E-state index contributed by atoms with van der Waals surface area (Å²) in [5, 5.41) is 3.24. The topological polar surface area (TPSA) is 21.3 Å². The van der Waals surface area contributed by atoms with E-state index in [1.807, 2.05) is 13.1 Å². The fourth-order valence-electron chi connectivity index (χ4n) is 1.92. The summed E-state index contributed by atoms with van der Waals surface area (Å²) in [6.45, 7) is 7.38. The summed E-state index contributed by atoms with van der Waals surface area (Å²) >= 11 is 3.61. The third-order valence-corrected chi connectivity index (χ3v) is 3.87. The highest BCUT2D eigenvalue weighted by molar-refractivity contribution is 9.10. The van der Waals surface area contributed by atoms with Crippen LogP contribution in [-0.4, -0.2) is 13.7 Å². The minimum atomic E-state index is 0.340. The van der Waals surface area contributed by atoms with Gasteiger partial charge in [-0.25, -0.2) is 0 Å². The maximum absolute atomic E-state index is 5.82. The van der Waals surface area contributed by atoms with Crippen LogP contribution in [0.15, 0.2) is 22.7 Å². The molecule has 18 heavy (non-hydrogen) atoms. The second-order valence-corrected chi connectivity index (χ2v) is 5.75. The van der Waals surface area contributed by atoms with Crippen molar-refractivity contribution in [3.63, 3.8) is 0 Å². The normalized spacial score (nSPS) is 14.3. The molecule has 2 unspecified atom stereocenters. The van der Waals surface area contributed by atoms with Crippen LogP contribution in [-0.2, 0) is 0 Å². The number of hydrogen-bond donors (Lipinski definition) is 1. The van der Waals surface area contributed by atoms with Crippen molar-refractivity contribution in [3.05, 3.63) is 28.2 Å². The predicted octanol–water partition coefficient (Wildman–Crippen LogP) is 4.54. The Morgan fingerprint density at radius 1 is 1.33 bits per heavy atom. The first-order valence-corrected chi connectivity index (χ1v) is 7.47. The van der Waals surface area contributed by atoms with Crippen LogP contribution in [0, 0.1) is 5.92 Å². The molecule has 1 aromatic rings. The minimum Gasteiger partial charge on any atom is -0.493 e. The molecule has 0 radical (unpaired) electrons. The molecule has 0 aliphatic heterocycles. The first-order chi connectivity index (χ1) is 8.58. The Balaban J connectivity index is 2.61. The lowest BCUT2D eigenvalue weighted by molar-refractivity contribution is 0.251. The Morgan fingerprint density at radius 3 is 2.61 bits per heavy atom. The number of ether oxygens (including phenoxy) is 1. The fraction of sp³-hybridized carbons (Fsp3) is 0.600. The summed E-state index contributed by atoms with van der Waals surface area (Å²) in [5.74, 6) is 1.56. The average molecular weight is 314 g/mol. The molecule has 0 saturated carbocycles. The van der Waals surface area contributed by atoms with Crippen molar-refractivity contribution < 1.29 is 4.74 Å². The van der Waals surface area contributed by atoms with Gasteiger partial charge in [0.2, 0.25) is 0 Å². The monoisotopic (exact) mass is 313 g/mol. The first kappa shape index (κ1) is 15.5. The molecule has 0 heterocycles. The molecule has 2 atom stereocenters. The molecule has 0 bridgehead atoms. The van der Waals surface area contributed by atoms with Crippen LogP contribution in [0.4, 0.5) is 0 Å². The summed E-state index contributed by atoms with van der Waals surface area (Å²) < 4.78 is 6.92. The van der Waals surface area contributed by atoms with Gasteiger partial charge in [-0.05, 0) is 44.0 Å². The molecule has 2 nitrogen and oxygen atoms in total. The van der Waals surface area contributed by atoms with E-state index in [0.29, 0.717) is 12.0 Å². The van der Waals surface area contributed by atoms with Crippen LogP contribution >= 0.6 is 15.9 Å². The number of benzene rings is 1. The zero-order chi connectivity index (χ0) is 13.5. The van der Waals surface area contributed by atoms with Crippen LogP contribution in [0.1, 0.15) is 45.2 Å². The van der Waals surface area contributed by atoms with Gasteiger partial charge in [0.05, 0.1) is 6.61 Å². The third kappa shape index (κ3) is 4.62. The van der Waals surface area contributed by atoms with Crippen molar-refractivity contribution in [1.82, 2.24) is 5.32 Å². The quantitative estimate of drug-likeness (QED) is 0.797. The van der Waals surface area contributed by atoms with Gasteiger partial charge in [0, 0.05) is 10.5 Å². The molecular formula is C15H24BrNO. The van der Waals surface area contributed by atoms with E-state index in [-0.39, 0.29) is 0 Å². The zero-order valence-electron chi connectivity index (χ0n) is 11.8. The molecule has 0 spiro atoms. The highest BCUT2D eigenvalue weighted by Crippen LogP contribution is 2.27. The molecule has 1 N–H and O–H groups in total. The zero-order valence-corrected chi connectivity index (χ0v) is 13.4. The highest BCUT2D eigenvalue weighted by atomic mass is 79.9. The first-order valence-electron chi connectivity index (χ1n) is 6.68. The van der Waals surface area contributed by atoms with Gasteiger partial charge in [-0.3, -0.25) is 0 Å². The van der Waals surface area contributed by atoms with Gasteiger partial charge in [-0.2, -0.15) is 0 Å². The smallest absolute Gasteiger partial charge is 0.120 e. The van der Waals surface area contributed by atoms with Gasteiger partial charge in [-0.15, -0.1) is 0 Å². The standard InChI is InChI=1S/C15H24BrNO/c1-5-6-11(2)10-18-13-7-8-14(12(3)17-4)15(16)9-13/h7-9,11-12,17H,5-6,10H2,1-4H3. The van der Waals surface area contributed by atoms with Crippen molar-refractivity contribution in [2.75, 3.05) is 13.7 Å². The summed E-state index contributed by atoms with van der Waals surface area (Å²) in [4.78, 5) is 0. The minimum absolute atomic E-state index is 0.340. The molecule has 0 aliphatic rings. The second-order valence-electron chi connectivity index (χ2n) is 4.90. The molecular weight excluding hydrogens is 290 g/mol. The Labute approximate surface area is 119 Å².